The van der Waals surface area contributed by atoms with Gasteiger partial charge in [-0.25, -0.2) is 4.57 Å². The van der Waals surface area contributed by atoms with E-state index in [9.17, 15) is 14.2 Å². The molecule has 11 heteroatoms. The standard InChI is InChI=1S/C35H69O8P.2Na/c1-3-5-7-9-11-13-15-17-19-21-23-25-27-29-34(36)41-31-33(32-42-44(38,39)40)43-35(37)30-28-26-24-22-20-18-16-14-12-10-8-6-4-2;;/h33H,3-32H2,1-2H3,(H2,38,39,40);;/t33-;;/m1../s1. The molecule has 0 saturated carbocycles. The molecule has 264 valence electrons. The Kier molecular flexibility index (Phi) is 43.4. The van der Waals surface area contributed by atoms with Gasteiger partial charge in [-0.1, -0.05) is 168 Å². The zero-order valence-corrected chi connectivity index (χ0v) is 35.5. The van der Waals surface area contributed by atoms with Crippen molar-refractivity contribution in [3.8, 4) is 0 Å². The topological polar surface area (TPSA) is 119 Å². The van der Waals surface area contributed by atoms with Crippen molar-refractivity contribution >= 4 is 78.9 Å². The van der Waals surface area contributed by atoms with E-state index in [1.54, 1.807) is 0 Å². The number of rotatable bonds is 34. The number of hydrogen-bond acceptors (Lipinski definition) is 6. The third kappa shape index (κ3) is 41.2. The minimum Gasteiger partial charge on any atom is -0.462 e. The molecule has 0 aliphatic rings. The van der Waals surface area contributed by atoms with Crippen LogP contribution in [0.25, 0.3) is 0 Å². The van der Waals surface area contributed by atoms with Crippen molar-refractivity contribution in [1.29, 1.82) is 0 Å². The van der Waals surface area contributed by atoms with Crippen LogP contribution in [0.5, 0.6) is 0 Å². The van der Waals surface area contributed by atoms with Crippen molar-refractivity contribution in [2.75, 3.05) is 13.2 Å². The number of unbranched alkanes of at least 4 members (excludes halogenated alkanes) is 24. The van der Waals surface area contributed by atoms with Crippen LogP contribution in [-0.4, -0.2) is 100 Å². The number of carbonyl (C=O) groups is 2. The molecular weight excluding hydrogens is 625 g/mol. The molecule has 0 aromatic rings. The van der Waals surface area contributed by atoms with Crippen LogP contribution in [0.15, 0.2) is 0 Å². The maximum atomic E-state index is 12.3. The van der Waals surface area contributed by atoms with E-state index in [4.69, 9.17) is 19.3 Å². The SMILES string of the molecule is CCCCCCCCCCCCCCCC(=O)OC[C@H](COP(=O)(O)O)OC(=O)CCCCCCCCCCCCCCC.[Na].[Na]. The van der Waals surface area contributed by atoms with Crippen LogP contribution >= 0.6 is 7.82 Å². The Hall–Kier alpha value is 1.05. The first-order chi connectivity index (χ1) is 21.3. The summed E-state index contributed by atoms with van der Waals surface area (Å²) in [5, 5.41) is 0. The molecule has 1 atom stereocenters. The molecule has 0 aromatic heterocycles. The van der Waals surface area contributed by atoms with Gasteiger partial charge in [0.15, 0.2) is 6.10 Å². The van der Waals surface area contributed by atoms with Crippen LogP contribution in [0, 0.1) is 0 Å². The molecule has 0 saturated heterocycles. The van der Waals surface area contributed by atoms with Gasteiger partial charge in [0.2, 0.25) is 0 Å². The molecule has 0 amide bonds. The van der Waals surface area contributed by atoms with E-state index in [1.807, 2.05) is 0 Å². The second-order valence-electron chi connectivity index (χ2n) is 12.6. The number of phosphoric acid groups is 1. The van der Waals surface area contributed by atoms with E-state index < -0.39 is 32.5 Å². The molecule has 8 nitrogen and oxygen atoms in total. The number of esters is 2. The molecule has 0 rings (SSSR count). The van der Waals surface area contributed by atoms with Crippen molar-refractivity contribution < 1.29 is 37.9 Å². The molecule has 0 aliphatic carbocycles. The number of ether oxygens (including phenoxy) is 2. The van der Waals surface area contributed by atoms with Gasteiger partial charge in [0.1, 0.15) is 6.61 Å². The zero-order chi connectivity index (χ0) is 32.6. The molecule has 0 heterocycles. The molecule has 0 aliphatic heterocycles. The van der Waals surface area contributed by atoms with Gasteiger partial charge in [-0.3, -0.25) is 14.1 Å². The quantitative estimate of drug-likeness (QED) is 0.0296. The van der Waals surface area contributed by atoms with E-state index in [0.29, 0.717) is 6.42 Å². The molecule has 0 bridgehead atoms. The summed E-state index contributed by atoms with van der Waals surface area (Å²) in [5.74, 6) is -0.873. The molecule has 2 radical (unpaired) electrons. The molecule has 0 aromatic carbocycles. The predicted molar refractivity (Wildman–Crippen MR) is 191 cm³/mol. The molecule has 0 spiro atoms. The van der Waals surface area contributed by atoms with Gasteiger partial charge in [-0.15, -0.1) is 0 Å². The summed E-state index contributed by atoms with van der Waals surface area (Å²) in [4.78, 5) is 42.6. The Morgan fingerprint density at radius 2 is 0.804 bits per heavy atom. The number of phosphoric ester groups is 1. The summed E-state index contributed by atoms with van der Waals surface area (Å²) in [7, 11) is -4.74. The summed E-state index contributed by atoms with van der Waals surface area (Å²) in [6.45, 7) is 3.68. The fraction of sp³-hybridized carbons (Fsp3) is 0.943. The molecule has 0 fully saturated rings. The van der Waals surface area contributed by atoms with E-state index in [-0.39, 0.29) is 78.6 Å². The maximum absolute atomic E-state index is 12.3. The van der Waals surface area contributed by atoms with Crippen molar-refractivity contribution in [3.63, 3.8) is 0 Å². The van der Waals surface area contributed by atoms with Crippen molar-refractivity contribution in [3.05, 3.63) is 0 Å². The minimum atomic E-state index is -4.74. The van der Waals surface area contributed by atoms with E-state index >= 15 is 0 Å². The van der Waals surface area contributed by atoms with Crippen molar-refractivity contribution in [2.45, 2.75) is 200 Å². The smallest absolute Gasteiger partial charge is 0.462 e. The molecule has 0 unspecified atom stereocenters. The maximum Gasteiger partial charge on any atom is 0.469 e. The summed E-state index contributed by atoms with van der Waals surface area (Å²) in [6.07, 6.45) is 31.0. The van der Waals surface area contributed by atoms with E-state index in [0.717, 1.165) is 32.1 Å². The third-order valence-electron chi connectivity index (χ3n) is 8.13. The first kappa shape index (κ1) is 51.4. The van der Waals surface area contributed by atoms with Crippen molar-refractivity contribution in [2.24, 2.45) is 0 Å². The second-order valence-corrected chi connectivity index (χ2v) is 13.8. The molecule has 46 heavy (non-hydrogen) atoms. The number of hydrogen-bond donors (Lipinski definition) is 2. The Labute approximate surface area is 327 Å². The fourth-order valence-corrected chi connectivity index (χ4v) is 5.73. The normalized spacial score (nSPS) is 11.8. The Balaban J connectivity index is -0.00000924. The van der Waals surface area contributed by atoms with Gasteiger partial charge < -0.3 is 19.3 Å². The second kappa shape index (κ2) is 38.8. The van der Waals surface area contributed by atoms with Crippen LogP contribution in [-0.2, 0) is 28.2 Å². The zero-order valence-electron chi connectivity index (χ0n) is 30.6. The van der Waals surface area contributed by atoms with Gasteiger partial charge in [0.25, 0.3) is 0 Å². The van der Waals surface area contributed by atoms with Crippen LogP contribution in [0.3, 0.4) is 0 Å². The van der Waals surface area contributed by atoms with Gasteiger partial charge >= 0.3 is 19.8 Å². The average Bonchev–Trinajstić information content (AvgIpc) is 2.98. The summed E-state index contributed by atoms with van der Waals surface area (Å²) in [5.41, 5.74) is 0. The van der Waals surface area contributed by atoms with Crippen LogP contribution in [0.2, 0.25) is 0 Å². The Bertz CT molecular complexity index is 708. The van der Waals surface area contributed by atoms with Gasteiger partial charge in [0.05, 0.1) is 6.61 Å². The Morgan fingerprint density at radius 3 is 1.13 bits per heavy atom. The average molecular weight is 695 g/mol. The van der Waals surface area contributed by atoms with Crippen LogP contribution < -0.4 is 0 Å². The van der Waals surface area contributed by atoms with Crippen LogP contribution in [0.4, 0.5) is 0 Å². The van der Waals surface area contributed by atoms with E-state index in [2.05, 4.69) is 18.4 Å². The predicted octanol–water partition coefficient (Wildman–Crippen LogP) is 9.75. The van der Waals surface area contributed by atoms with Crippen LogP contribution in [0.1, 0.15) is 194 Å². The summed E-state index contributed by atoms with van der Waals surface area (Å²) < 4.78 is 26.3. The summed E-state index contributed by atoms with van der Waals surface area (Å²) >= 11 is 0. The van der Waals surface area contributed by atoms with E-state index in [1.165, 1.54) is 128 Å². The number of carbonyl (C=O) groups excluding carboxylic acids is 2. The Morgan fingerprint density at radius 1 is 0.500 bits per heavy atom. The van der Waals surface area contributed by atoms with Gasteiger partial charge in [0, 0.05) is 72.0 Å². The largest absolute Gasteiger partial charge is 0.469 e. The molecule has 2 N–H and O–H groups in total. The third-order valence-corrected chi connectivity index (χ3v) is 8.61. The van der Waals surface area contributed by atoms with Gasteiger partial charge in [-0.05, 0) is 12.8 Å². The first-order valence-electron chi connectivity index (χ1n) is 18.3. The summed E-state index contributed by atoms with van der Waals surface area (Å²) in [6, 6.07) is 0. The molecular formula is C35H69Na2O8P. The van der Waals surface area contributed by atoms with Gasteiger partial charge in [-0.2, -0.15) is 0 Å². The fourth-order valence-electron chi connectivity index (χ4n) is 5.37. The monoisotopic (exact) mass is 694 g/mol. The van der Waals surface area contributed by atoms with Crippen molar-refractivity contribution in [1.82, 2.24) is 0 Å². The first-order valence-corrected chi connectivity index (χ1v) is 19.9. The minimum absolute atomic E-state index is 0.